The summed E-state index contributed by atoms with van der Waals surface area (Å²) >= 11 is 10.9. The molecule has 7 nitrogen and oxygen atoms in total. The number of fused-ring (bicyclic) bond motifs is 1. The molecule has 1 amide bonds. The molecule has 0 aliphatic rings. The Morgan fingerprint density at radius 2 is 1.78 bits per heavy atom. The van der Waals surface area contributed by atoms with Crippen molar-refractivity contribution in [2.75, 3.05) is 19.0 Å². The van der Waals surface area contributed by atoms with Crippen molar-refractivity contribution in [2.24, 2.45) is 0 Å². The Labute approximate surface area is 225 Å². The van der Waals surface area contributed by atoms with E-state index in [1.54, 1.807) is 60.7 Å². The van der Waals surface area contributed by atoms with E-state index in [-0.39, 0.29) is 11.4 Å². The van der Waals surface area contributed by atoms with Gasteiger partial charge < -0.3 is 10.1 Å². The molecule has 3 aromatic carbocycles. The van der Waals surface area contributed by atoms with E-state index in [0.29, 0.717) is 21.2 Å². The quantitative estimate of drug-likeness (QED) is 0.251. The number of benzene rings is 3. The summed E-state index contributed by atoms with van der Waals surface area (Å²) in [7, 11) is -2.71. The third-order valence-electron chi connectivity index (χ3n) is 5.26. The number of carbonyl (C=O) groups excluding carboxylic acids is 2. The van der Waals surface area contributed by atoms with Gasteiger partial charge in [-0.05, 0) is 65.5 Å². The number of esters is 1. The first-order valence-corrected chi connectivity index (χ1v) is 14.0. The van der Waals surface area contributed by atoms with Gasteiger partial charge in [0, 0.05) is 26.4 Å². The van der Waals surface area contributed by atoms with E-state index in [1.807, 2.05) is 0 Å². The zero-order chi connectivity index (χ0) is 25.9. The normalized spacial score (nSPS) is 11.6. The molecule has 0 radical (unpaired) electrons. The molecule has 0 aliphatic carbocycles. The summed E-state index contributed by atoms with van der Waals surface area (Å²) in [5.41, 5.74) is 1.04. The van der Waals surface area contributed by atoms with E-state index >= 15 is 0 Å². The third-order valence-corrected chi connectivity index (χ3v) is 9.06. The van der Waals surface area contributed by atoms with E-state index in [1.165, 1.54) is 30.6 Å². The van der Waals surface area contributed by atoms with Crippen molar-refractivity contribution in [3.63, 3.8) is 0 Å². The lowest BCUT2D eigenvalue weighted by Gasteiger charge is -2.22. The summed E-state index contributed by atoms with van der Waals surface area (Å²) in [6.45, 7) is -0.518. The predicted octanol–water partition coefficient (Wildman–Crippen LogP) is 5.93. The zero-order valence-corrected chi connectivity index (χ0v) is 22.9. The van der Waals surface area contributed by atoms with Gasteiger partial charge in [0.15, 0.2) is 0 Å². The smallest absolute Gasteiger partial charge is 0.348 e. The number of rotatable bonds is 8. The predicted molar refractivity (Wildman–Crippen MR) is 145 cm³/mol. The Hall–Kier alpha value is -2.76. The van der Waals surface area contributed by atoms with E-state index in [4.69, 9.17) is 16.3 Å². The summed E-state index contributed by atoms with van der Waals surface area (Å²) in [5, 5.41) is 3.91. The molecule has 0 atom stereocenters. The first-order chi connectivity index (χ1) is 17.2. The maximum absolute atomic E-state index is 13.5. The van der Waals surface area contributed by atoms with Gasteiger partial charge in [0.05, 0.1) is 18.6 Å². The highest BCUT2D eigenvalue weighted by atomic mass is 79.9. The minimum absolute atomic E-state index is 0.0561. The topological polar surface area (TPSA) is 92.8 Å². The molecule has 1 N–H and O–H groups in total. The summed E-state index contributed by atoms with van der Waals surface area (Å²) in [4.78, 5) is 25.3. The van der Waals surface area contributed by atoms with Crippen LogP contribution in [0, 0.1) is 0 Å². The number of ether oxygens (including phenoxy) is 1. The number of amides is 1. The molecule has 0 spiro atoms. The molecule has 0 bridgehead atoms. The van der Waals surface area contributed by atoms with Gasteiger partial charge in [0.1, 0.15) is 4.88 Å². The van der Waals surface area contributed by atoms with Gasteiger partial charge in [0.2, 0.25) is 15.9 Å². The van der Waals surface area contributed by atoms with Crippen LogP contribution in [0.5, 0.6) is 0 Å². The van der Waals surface area contributed by atoms with Crippen LogP contribution in [0.3, 0.4) is 0 Å². The summed E-state index contributed by atoms with van der Waals surface area (Å²) in [6.07, 6.45) is 0. The van der Waals surface area contributed by atoms with E-state index in [0.717, 1.165) is 18.9 Å². The second kappa shape index (κ2) is 11.1. The number of nitrogens with zero attached hydrogens (tertiary/aromatic N) is 1. The maximum atomic E-state index is 13.5. The first-order valence-electron chi connectivity index (χ1n) is 10.6. The molecule has 4 rings (SSSR count). The van der Waals surface area contributed by atoms with Crippen molar-refractivity contribution < 1.29 is 22.7 Å². The molecular weight excluding hydrogens is 588 g/mol. The highest BCUT2D eigenvalue weighted by Crippen LogP contribution is 2.29. The molecule has 4 aromatic rings. The molecule has 1 aromatic heterocycles. The lowest BCUT2D eigenvalue weighted by molar-refractivity contribution is -0.116. The highest BCUT2D eigenvalue weighted by Gasteiger charge is 2.27. The maximum Gasteiger partial charge on any atom is 0.348 e. The Morgan fingerprint density at radius 3 is 2.47 bits per heavy atom. The van der Waals surface area contributed by atoms with Gasteiger partial charge in [-0.1, -0.05) is 45.7 Å². The Morgan fingerprint density at radius 1 is 1.06 bits per heavy atom. The number of hydrogen-bond donors (Lipinski definition) is 1. The van der Waals surface area contributed by atoms with Gasteiger partial charge in [-0.3, -0.25) is 4.79 Å². The molecule has 1 heterocycles. The number of methoxy groups -OCH3 is 1. The van der Waals surface area contributed by atoms with Crippen LogP contribution in [0.25, 0.3) is 10.1 Å². The van der Waals surface area contributed by atoms with Crippen molar-refractivity contribution in [1.29, 1.82) is 0 Å². The molecule has 0 aliphatic heterocycles. The number of nitrogens with one attached hydrogen (secondary N) is 1. The minimum atomic E-state index is -4.02. The van der Waals surface area contributed by atoms with Crippen LogP contribution < -0.4 is 5.32 Å². The lowest BCUT2D eigenvalue weighted by Crippen LogP contribution is -2.37. The van der Waals surface area contributed by atoms with Gasteiger partial charge in [-0.2, -0.15) is 4.31 Å². The molecule has 0 saturated heterocycles. The summed E-state index contributed by atoms with van der Waals surface area (Å²) in [6, 6.07) is 20.0. The minimum Gasteiger partial charge on any atom is -0.465 e. The van der Waals surface area contributed by atoms with Crippen LogP contribution in [-0.4, -0.2) is 38.3 Å². The van der Waals surface area contributed by atoms with Gasteiger partial charge in [-0.25, -0.2) is 13.2 Å². The molecule has 36 heavy (non-hydrogen) atoms. The summed E-state index contributed by atoms with van der Waals surface area (Å²) < 4.78 is 34.4. The lowest BCUT2D eigenvalue weighted by atomic mass is 10.2. The molecule has 186 valence electrons. The van der Waals surface area contributed by atoms with Crippen molar-refractivity contribution in [2.45, 2.75) is 11.4 Å². The van der Waals surface area contributed by atoms with Crippen LogP contribution in [0.2, 0.25) is 5.02 Å². The van der Waals surface area contributed by atoms with Gasteiger partial charge >= 0.3 is 5.97 Å². The SMILES string of the molecule is COC(=O)c1cc2cc(NC(=O)CN(Cc3ccccc3Cl)S(=O)(=O)c3ccc(Br)cc3)ccc2s1. The summed E-state index contributed by atoms with van der Waals surface area (Å²) in [5.74, 6) is -0.958. The Kier molecular flexibility index (Phi) is 8.11. The number of anilines is 1. The fourth-order valence-corrected chi connectivity index (χ4v) is 6.28. The van der Waals surface area contributed by atoms with Crippen molar-refractivity contribution in [3.8, 4) is 0 Å². The Balaban J connectivity index is 1.59. The van der Waals surface area contributed by atoms with E-state index in [9.17, 15) is 18.0 Å². The number of hydrogen-bond acceptors (Lipinski definition) is 6. The largest absolute Gasteiger partial charge is 0.465 e. The average molecular weight is 608 g/mol. The fraction of sp³-hybridized carbons (Fsp3) is 0.120. The monoisotopic (exact) mass is 606 g/mol. The molecule has 0 saturated carbocycles. The van der Waals surface area contributed by atoms with Crippen LogP contribution in [0.1, 0.15) is 15.2 Å². The van der Waals surface area contributed by atoms with Gasteiger partial charge in [-0.15, -0.1) is 11.3 Å². The van der Waals surface area contributed by atoms with Crippen molar-refractivity contribution in [1.82, 2.24) is 4.31 Å². The number of halogens is 2. The van der Waals surface area contributed by atoms with Crippen LogP contribution in [0.15, 0.2) is 82.2 Å². The first kappa shape index (κ1) is 26.3. The number of thiophene rings is 1. The van der Waals surface area contributed by atoms with Crippen LogP contribution in [-0.2, 0) is 26.1 Å². The zero-order valence-electron chi connectivity index (χ0n) is 18.9. The van der Waals surface area contributed by atoms with Crippen LogP contribution >= 0.6 is 38.9 Å². The number of sulfonamides is 1. The molecular formula is C25H20BrClN2O5S2. The van der Waals surface area contributed by atoms with Crippen LogP contribution in [0.4, 0.5) is 5.69 Å². The van der Waals surface area contributed by atoms with E-state index in [2.05, 4.69) is 21.2 Å². The van der Waals surface area contributed by atoms with E-state index < -0.39 is 28.4 Å². The fourth-order valence-electron chi connectivity index (χ4n) is 3.48. The standard InChI is InChI=1S/C25H20BrClN2O5S2/c1-34-25(31)23-13-17-12-19(8-11-22(17)35-23)28-24(30)15-29(14-16-4-2-3-5-21(16)27)36(32,33)20-9-6-18(26)7-10-20/h2-13H,14-15H2,1H3,(H,28,30). The molecule has 0 unspecified atom stereocenters. The number of carbonyl (C=O) groups is 2. The Bertz CT molecular complexity index is 1540. The van der Waals surface area contributed by atoms with Crippen molar-refractivity contribution in [3.05, 3.63) is 92.7 Å². The second-order valence-electron chi connectivity index (χ2n) is 7.72. The van der Waals surface area contributed by atoms with Crippen molar-refractivity contribution >= 4 is 76.5 Å². The average Bonchev–Trinajstić information content (AvgIpc) is 3.28. The second-order valence-corrected chi connectivity index (χ2v) is 12.1. The third kappa shape index (κ3) is 5.96. The van der Waals surface area contributed by atoms with Gasteiger partial charge in [0.25, 0.3) is 0 Å². The molecule has 0 fully saturated rings. The molecule has 11 heteroatoms. The highest BCUT2D eigenvalue weighted by molar-refractivity contribution is 9.10.